The van der Waals surface area contributed by atoms with Crippen LogP contribution in [-0.2, 0) is 18.7 Å². The zero-order chi connectivity index (χ0) is 23.4. The molecule has 182 valence electrons. The van der Waals surface area contributed by atoms with E-state index in [-0.39, 0.29) is 16.7 Å². The average molecular weight is 486 g/mol. The maximum atomic E-state index is 14.2. The highest BCUT2D eigenvalue weighted by Gasteiger charge is 2.30. The lowest BCUT2D eigenvalue weighted by atomic mass is 9.87. The van der Waals surface area contributed by atoms with Gasteiger partial charge in [-0.2, -0.15) is 9.32 Å². The SMILES string of the molecule is COOSc1c(F)cc(C2OCC(CC3CCN(c4nc(C(C)C)no4)CC3)CO2)cc1F. The Bertz CT molecular complexity index is 892. The quantitative estimate of drug-likeness (QED) is 0.291. The van der Waals surface area contributed by atoms with Crippen LogP contribution in [0.5, 0.6) is 0 Å². The van der Waals surface area contributed by atoms with Gasteiger partial charge in [-0.3, -0.25) is 0 Å². The van der Waals surface area contributed by atoms with Crippen LogP contribution in [0.25, 0.3) is 0 Å². The fraction of sp³-hybridized carbons (Fsp3) is 0.636. The van der Waals surface area contributed by atoms with Gasteiger partial charge in [0.1, 0.15) is 16.5 Å². The molecule has 0 saturated carbocycles. The lowest BCUT2D eigenvalue weighted by molar-refractivity contribution is -0.207. The van der Waals surface area contributed by atoms with Gasteiger partial charge in [0.05, 0.1) is 32.4 Å². The minimum atomic E-state index is -0.790. The minimum Gasteiger partial charge on any atom is -0.348 e. The second kappa shape index (κ2) is 11.1. The van der Waals surface area contributed by atoms with Gasteiger partial charge in [-0.05, 0) is 37.3 Å². The Hall–Kier alpha value is -1.79. The molecule has 3 heterocycles. The molecular weight excluding hydrogens is 456 g/mol. The van der Waals surface area contributed by atoms with Gasteiger partial charge < -0.3 is 18.9 Å². The molecule has 0 N–H and O–H groups in total. The van der Waals surface area contributed by atoms with Crippen molar-refractivity contribution in [2.24, 2.45) is 11.8 Å². The number of anilines is 1. The molecule has 8 nitrogen and oxygen atoms in total. The molecule has 0 atom stereocenters. The van der Waals surface area contributed by atoms with Gasteiger partial charge in [-0.15, -0.1) is 0 Å². The predicted octanol–water partition coefficient (Wildman–Crippen LogP) is 5.02. The molecule has 1 aromatic carbocycles. The third kappa shape index (κ3) is 6.02. The van der Waals surface area contributed by atoms with E-state index in [9.17, 15) is 8.78 Å². The van der Waals surface area contributed by atoms with Gasteiger partial charge in [-0.25, -0.2) is 13.7 Å². The first-order valence-corrected chi connectivity index (χ1v) is 11.9. The van der Waals surface area contributed by atoms with E-state index >= 15 is 0 Å². The molecule has 0 radical (unpaired) electrons. The molecule has 2 saturated heterocycles. The lowest BCUT2D eigenvalue weighted by Gasteiger charge is -2.35. The number of nitrogens with zero attached hydrogens (tertiary/aromatic N) is 3. The van der Waals surface area contributed by atoms with E-state index in [0.717, 1.165) is 38.2 Å². The fourth-order valence-corrected chi connectivity index (χ4v) is 4.57. The smallest absolute Gasteiger partial charge is 0.324 e. The van der Waals surface area contributed by atoms with Crippen molar-refractivity contribution >= 4 is 18.1 Å². The Morgan fingerprint density at radius 2 is 1.79 bits per heavy atom. The summed E-state index contributed by atoms with van der Waals surface area (Å²) in [6.45, 7) is 6.80. The zero-order valence-corrected chi connectivity index (χ0v) is 19.8. The summed E-state index contributed by atoms with van der Waals surface area (Å²) in [6, 6.07) is 3.00. The Kier molecular flexibility index (Phi) is 8.18. The molecule has 0 spiro atoms. The number of ether oxygens (including phenoxy) is 2. The van der Waals surface area contributed by atoms with E-state index < -0.39 is 17.9 Å². The van der Waals surface area contributed by atoms with E-state index in [4.69, 9.17) is 14.0 Å². The van der Waals surface area contributed by atoms with Crippen LogP contribution in [0.1, 0.15) is 56.7 Å². The molecule has 2 aliphatic rings. The number of benzene rings is 1. The van der Waals surface area contributed by atoms with Crippen molar-refractivity contribution in [3.05, 3.63) is 35.2 Å². The van der Waals surface area contributed by atoms with Crippen molar-refractivity contribution in [3.8, 4) is 0 Å². The van der Waals surface area contributed by atoms with Crippen molar-refractivity contribution < 1.29 is 32.0 Å². The summed E-state index contributed by atoms with van der Waals surface area (Å²) in [6.07, 6.45) is 2.24. The van der Waals surface area contributed by atoms with Crippen molar-refractivity contribution in [3.63, 3.8) is 0 Å². The number of hydrogen-bond acceptors (Lipinski definition) is 9. The Morgan fingerprint density at radius 1 is 1.12 bits per heavy atom. The number of rotatable bonds is 8. The highest BCUT2D eigenvalue weighted by molar-refractivity contribution is 7.94. The maximum Gasteiger partial charge on any atom is 0.324 e. The number of halogens is 2. The summed E-state index contributed by atoms with van der Waals surface area (Å²) in [4.78, 5) is 10.7. The van der Waals surface area contributed by atoms with Crippen LogP contribution >= 0.6 is 12.0 Å². The molecule has 0 bridgehead atoms. The molecule has 11 heteroatoms. The largest absolute Gasteiger partial charge is 0.348 e. The molecule has 0 amide bonds. The highest BCUT2D eigenvalue weighted by atomic mass is 32.2. The van der Waals surface area contributed by atoms with E-state index in [0.29, 0.717) is 42.8 Å². The normalized spacial score (nSPS) is 22.3. The van der Waals surface area contributed by atoms with Gasteiger partial charge in [0, 0.05) is 30.5 Å². The van der Waals surface area contributed by atoms with E-state index in [1.54, 1.807) is 0 Å². The molecule has 33 heavy (non-hydrogen) atoms. The van der Waals surface area contributed by atoms with Crippen molar-refractivity contribution in [1.82, 2.24) is 10.1 Å². The van der Waals surface area contributed by atoms with Crippen LogP contribution in [0, 0.1) is 23.5 Å². The Balaban J connectivity index is 1.24. The van der Waals surface area contributed by atoms with Gasteiger partial charge in [0.25, 0.3) is 0 Å². The maximum absolute atomic E-state index is 14.2. The molecular formula is C22H29F2N3O5S. The molecule has 4 rings (SSSR count). The first-order valence-electron chi connectivity index (χ1n) is 11.1. The highest BCUT2D eigenvalue weighted by Crippen LogP contribution is 2.34. The van der Waals surface area contributed by atoms with Gasteiger partial charge in [-0.1, -0.05) is 19.0 Å². The third-order valence-electron chi connectivity index (χ3n) is 5.94. The van der Waals surface area contributed by atoms with Crippen LogP contribution in [0.2, 0.25) is 0 Å². The van der Waals surface area contributed by atoms with Crippen LogP contribution in [0.15, 0.2) is 21.6 Å². The van der Waals surface area contributed by atoms with Gasteiger partial charge in [0.2, 0.25) is 0 Å². The number of aromatic nitrogens is 2. The van der Waals surface area contributed by atoms with Crippen LogP contribution in [0.4, 0.5) is 14.8 Å². The van der Waals surface area contributed by atoms with Crippen molar-refractivity contribution in [1.29, 1.82) is 0 Å². The second-order valence-electron chi connectivity index (χ2n) is 8.75. The average Bonchev–Trinajstić information content (AvgIpc) is 3.30. The summed E-state index contributed by atoms with van der Waals surface area (Å²) in [7, 11) is 1.26. The number of hydrogen-bond donors (Lipinski definition) is 0. The summed E-state index contributed by atoms with van der Waals surface area (Å²) in [5.41, 5.74) is 0.304. The van der Waals surface area contributed by atoms with Gasteiger partial charge >= 0.3 is 6.01 Å². The standard InChI is InChI=1S/C22H29F2N3O5S/c1-13(2)20-25-22(31-26-20)27-6-4-14(5-7-27)8-15-11-29-21(30-12-15)16-9-17(23)19(18(24)10-16)33-32-28-3/h9-10,13-15,21H,4-8,11-12H2,1-3H3. The minimum absolute atomic E-state index is 0.240. The third-order valence-corrected chi connectivity index (χ3v) is 6.70. The fourth-order valence-electron chi connectivity index (χ4n) is 4.16. The molecule has 1 aromatic heterocycles. The van der Waals surface area contributed by atoms with E-state index in [2.05, 4.69) is 24.3 Å². The summed E-state index contributed by atoms with van der Waals surface area (Å²) in [5, 5.41) is 4.04. The first kappa shape index (κ1) is 24.3. The monoisotopic (exact) mass is 485 g/mol. The predicted molar refractivity (Wildman–Crippen MR) is 116 cm³/mol. The molecule has 2 fully saturated rings. The van der Waals surface area contributed by atoms with Crippen molar-refractivity contribution in [2.75, 3.05) is 38.3 Å². The molecule has 0 unspecified atom stereocenters. The Morgan fingerprint density at radius 3 is 2.36 bits per heavy atom. The molecule has 0 aliphatic carbocycles. The van der Waals surface area contributed by atoms with Crippen LogP contribution in [0.3, 0.4) is 0 Å². The lowest BCUT2D eigenvalue weighted by Crippen LogP contribution is -2.36. The number of piperidine rings is 1. The molecule has 2 aromatic rings. The summed E-state index contributed by atoms with van der Waals surface area (Å²) in [5.74, 6) is 0.256. The van der Waals surface area contributed by atoms with E-state index in [1.807, 2.05) is 13.8 Å². The summed E-state index contributed by atoms with van der Waals surface area (Å²) >= 11 is 0.479. The Labute approximate surface area is 196 Å². The second-order valence-corrected chi connectivity index (χ2v) is 9.46. The van der Waals surface area contributed by atoms with Crippen molar-refractivity contribution in [2.45, 2.75) is 50.2 Å². The topological polar surface area (TPSA) is 79.1 Å². The molecule has 2 aliphatic heterocycles. The zero-order valence-electron chi connectivity index (χ0n) is 19.0. The van der Waals surface area contributed by atoms with Crippen LogP contribution < -0.4 is 4.90 Å². The van der Waals surface area contributed by atoms with E-state index in [1.165, 1.54) is 19.2 Å². The van der Waals surface area contributed by atoms with Crippen LogP contribution in [-0.4, -0.2) is 43.6 Å². The van der Waals surface area contributed by atoms with Gasteiger partial charge in [0.15, 0.2) is 12.1 Å². The first-order chi connectivity index (χ1) is 15.9. The summed E-state index contributed by atoms with van der Waals surface area (Å²) < 4.78 is 50.1.